The number of carbonyl (C=O) groups excluding carboxylic acids is 1. The van der Waals surface area contributed by atoms with Crippen molar-refractivity contribution < 1.29 is 13.7 Å². The fraction of sp³-hybridized carbons (Fsp3) is 0.417. The molecular weight excluding hydrogens is 220 g/mol. The molecule has 1 fully saturated rings. The molecule has 0 aliphatic heterocycles. The summed E-state index contributed by atoms with van der Waals surface area (Å²) in [6.45, 7) is 1.83. The van der Waals surface area contributed by atoms with Gasteiger partial charge in [0.1, 0.15) is 11.5 Å². The Morgan fingerprint density at radius 3 is 3.00 bits per heavy atom. The van der Waals surface area contributed by atoms with Gasteiger partial charge in [0.05, 0.1) is 18.2 Å². The van der Waals surface area contributed by atoms with Crippen molar-refractivity contribution in [3.63, 3.8) is 0 Å². The van der Waals surface area contributed by atoms with E-state index in [4.69, 9.17) is 8.94 Å². The molecule has 2 aromatic rings. The SMILES string of the molecule is Cc1occc1-c1noc(CC(=O)C2CC2)n1. The van der Waals surface area contributed by atoms with Crippen molar-refractivity contribution in [2.24, 2.45) is 5.92 Å². The Balaban J connectivity index is 1.78. The van der Waals surface area contributed by atoms with Crippen LogP contribution in [0.15, 0.2) is 21.3 Å². The lowest BCUT2D eigenvalue weighted by atomic mass is 10.2. The summed E-state index contributed by atoms with van der Waals surface area (Å²) in [4.78, 5) is 15.8. The van der Waals surface area contributed by atoms with E-state index in [2.05, 4.69) is 10.1 Å². The van der Waals surface area contributed by atoms with Crippen LogP contribution in [0.25, 0.3) is 11.4 Å². The Labute approximate surface area is 97.8 Å². The van der Waals surface area contributed by atoms with E-state index in [1.807, 2.05) is 6.92 Å². The molecule has 3 rings (SSSR count). The lowest BCUT2D eigenvalue weighted by Gasteiger charge is -1.90. The summed E-state index contributed by atoms with van der Waals surface area (Å²) < 4.78 is 10.2. The average molecular weight is 232 g/mol. The summed E-state index contributed by atoms with van der Waals surface area (Å²) in [6, 6.07) is 1.78. The van der Waals surface area contributed by atoms with E-state index < -0.39 is 0 Å². The second-order valence-corrected chi connectivity index (χ2v) is 4.32. The normalized spacial score (nSPS) is 15.1. The van der Waals surface area contributed by atoms with Crippen molar-refractivity contribution in [3.05, 3.63) is 24.0 Å². The number of carbonyl (C=O) groups is 1. The van der Waals surface area contributed by atoms with Gasteiger partial charge in [-0.25, -0.2) is 0 Å². The van der Waals surface area contributed by atoms with E-state index in [1.54, 1.807) is 12.3 Å². The second kappa shape index (κ2) is 3.84. The first-order valence-electron chi connectivity index (χ1n) is 5.64. The molecule has 1 aliphatic carbocycles. The fourth-order valence-electron chi connectivity index (χ4n) is 1.75. The topological polar surface area (TPSA) is 69.1 Å². The predicted octanol–water partition coefficient (Wildman–Crippen LogP) is 2.16. The molecule has 0 aromatic carbocycles. The highest BCUT2D eigenvalue weighted by Crippen LogP contribution is 2.31. The molecule has 0 N–H and O–H groups in total. The standard InChI is InChI=1S/C12H12N2O3/c1-7-9(4-5-16-7)12-13-11(17-14-12)6-10(15)8-2-3-8/h4-5,8H,2-3,6H2,1H3. The van der Waals surface area contributed by atoms with Crippen LogP contribution >= 0.6 is 0 Å². The first-order chi connectivity index (χ1) is 8.24. The summed E-state index contributed by atoms with van der Waals surface area (Å²) in [5.74, 6) is 2.03. The molecular formula is C12H12N2O3. The van der Waals surface area contributed by atoms with Crippen LogP contribution in [-0.2, 0) is 11.2 Å². The molecule has 2 heterocycles. The highest BCUT2D eigenvalue weighted by Gasteiger charge is 2.30. The highest BCUT2D eigenvalue weighted by molar-refractivity contribution is 5.84. The van der Waals surface area contributed by atoms with Crippen LogP contribution in [0, 0.1) is 12.8 Å². The summed E-state index contributed by atoms with van der Waals surface area (Å²) in [7, 11) is 0. The van der Waals surface area contributed by atoms with Crippen LogP contribution in [-0.4, -0.2) is 15.9 Å². The Kier molecular flexibility index (Phi) is 2.31. The number of aromatic nitrogens is 2. The van der Waals surface area contributed by atoms with Crippen LogP contribution in [0.4, 0.5) is 0 Å². The minimum absolute atomic E-state index is 0.198. The summed E-state index contributed by atoms with van der Waals surface area (Å²) >= 11 is 0. The zero-order valence-corrected chi connectivity index (χ0v) is 9.47. The molecule has 0 spiro atoms. The maximum Gasteiger partial charge on any atom is 0.234 e. The van der Waals surface area contributed by atoms with Gasteiger partial charge in [-0.1, -0.05) is 5.16 Å². The number of Topliss-reactive ketones (excluding diaryl/α,β-unsaturated/α-hetero) is 1. The molecule has 1 saturated carbocycles. The van der Waals surface area contributed by atoms with Gasteiger partial charge in [0.2, 0.25) is 11.7 Å². The van der Waals surface area contributed by atoms with Crippen LogP contribution in [0.1, 0.15) is 24.5 Å². The number of rotatable bonds is 4. The monoisotopic (exact) mass is 232 g/mol. The van der Waals surface area contributed by atoms with Gasteiger partial charge >= 0.3 is 0 Å². The fourth-order valence-corrected chi connectivity index (χ4v) is 1.75. The third-order valence-corrected chi connectivity index (χ3v) is 2.93. The Morgan fingerprint density at radius 2 is 2.35 bits per heavy atom. The Hall–Kier alpha value is -1.91. The zero-order chi connectivity index (χ0) is 11.8. The van der Waals surface area contributed by atoms with Gasteiger partial charge in [-0.2, -0.15) is 4.98 Å². The molecule has 1 aliphatic rings. The lowest BCUT2D eigenvalue weighted by Crippen LogP contribution is -2.04. The minimum atomic E-state index is 0.198. The van der Waals surface area contributed by atoms with Gasteiger partial charge in [0.25, 0.3) is 0 Å². The quantitative estimate of drug-likeness (QED) is 0.807. The number of ketones is 1. The molecule has 0 unspecified atom stereocenters. The summed E-state index contributed by atoms with van der Waals surface area (Å²) in [5, 5.41) is 3.85. The van der Waals surface area contributed by atoms with Crippen molar-refractivity contribution >= 4 is 5.78 Å². The van der Waals surface area contributed by atoms with Crippen LogP contribution < -0.4 is 0 Å². The van der Waals surface area contributed by atoms with Gasteiger partial charge in [-0.3, -0.25) is 4.79 Å². The van der Waals surface area contributed by atoms with E-state index in [9.17, 15) is 4.79 Å². The largest absolute Gasteiger partial charge is 0.469 e. The third-order valence-electron chi connectivity index (χ3n) is 2.93. The molecule has 0 radical (unpaired) electrons. The third kappa shape index (κ3) is 2.00. The maximum atomic E-state index is 11.6. The van der Waals surface area contributed by atoms with E-state index >= 15 is 0 Å². The lowest BCUT2D eigenvalue weighted by molar-refractivity contribution is -0.119. The van der Waals surface area contributed by atoms with Crippen LogP contribution in [0.3, 0.4) is 0 Å². The minimum Gasteiger partial charge on any atom is -0.469 e. The molecule has 5 nitrogen and oxygen atoms in total. The van der Waals surface area contributed by atoms with Gasteiger partial charge in [-0.05, 0) is 25.8 Å². The van der Waals surface area contributed by atoms with Crippen molar-refractivity contribution in [2.45, 2.75) is 26.2 Å². The van der Waals surface area contributed by atoms with E-state index in [0.29, 0.717) is 11.7 Å². The number of nitrogens with zero attached hydrogens (tertiary/aromatic N) is 2. The van der Waals surface area contributed by atoms with Gasteiger partial charge in [0, 0.05) is 5.92 Å². The molecule has 0 bridgehead atoms. The van der Waals surface area contributed by atoms with Crippen molar-refractivity contribution in [1.29, 1.82) is 0 Å². The van der Waals surface area contributed by atoms with Crippen molar-refractivity contribution in [3.8, 4) is 11.4 Å². The zero-order valence-electron chi connectivity index (χ0n) is 9.47. The van der Waals surface area contributed by atoms with Crippen LogP contribution in [0.2, 0.25) is 0 Å². The molecule has 0 amide bonds. The summed E-state index contributed by atoms with van der Waals surface area (Å²) in [5.41, 5.74) is 0.805. The van der Waals surface area contributed by atoms with Crippen molar-refractivity contribution in [1.82, 2.24) is 10.1 Å². The van der Waals surface area contributed by atoms with Gasteiger partial charge in [0.15, 0.2) is 0 Å². The average Bonchev–Trinajstić information content (AvgIpc) is 2.93. The highest BCUT2D eigenvalue weighted by atomic mass is 16.5. The number of furan rings is 1. The first-order valence-corrected chi connectivity index (χ1v) is 5.64. The predicted molar refractivity (Wildman–Crippen MR) is 58.2 cm³/mol. The molecule has 5 heteroatoms. The molecule has 2 aromatic heterocycles. The smallest absolute Gasteiger partial charge is 0.234 e. The van der Waals surface area contributed by atoms with E-state index in [-0.39, 0.29) is 18.1 Å². The van der Waals surface area contributed by atoms with Crippen molar-refractivity contribution in [2.75, 3.05) is 0 Å². The number of hydrogen-bond donors (Lipinski definition) is 0. The summed E-state index contributed by atoms with van der Waals surface area (Å²) in [6.07, 6.45) is 3.83. The van der Waals surface area contributed by atoms with E-state index in [0.717, 1.165) is 24.2 Å². The number of aryl methyl sites for hydroxylation is 1. The molecule has 0 atom stereocenters. The van der Waals surface area contributed by atoms with Gasteiger partial charge < -0.3 is 8.94 Å². The Bertz CT molecular complexity index is 552. The Morgan fingerprint density at radius 1 is 1.53 bits per heavy atom. The molecule has 0 saturated heterocycles. The molecule has 88 valence electrons. The van der Waals surface area contributed by atoms with Gasteiger partial charge in [-0.15, -0.1) is 0 Å². The number of hydrogen-bond acceptors (Lipinski definition) is 5. The first kappa shape index (κ1) is 10.3. The van der Waals surface area contributed by atoms with E-state index in [1.165, 1.54) is 0 Å². The van der Waals surface area contributed by atoms with Crippen LogP contribution in [0.5, 0.6) is 0 Å². The second-order valence-electron chi connectivity index (χ2n) is 4.32. The molecule has 17 heavy (non-hydrogen) atoms. The maximum absolute atomic E-state index is 11.6.